The van der Waals surface area contributed by atoms with Crippen molar-refractivity contribution in [2.45, 2.75) is 71.6 Å². The van der Waals surface area contributed by atoms with Gasteiger partial charge in [-0.15, -0.1) is 0 Å². The molecule has 1 aromatic rings. The molecule has 0 saturated carbocycles. The van der Waals surface area contributed by atoms with Gasteiger partial charge in [-0.2, -0.15) is 0 Å². The third-order valence-electron chi connectivity index (χ3n) is 4.20. The average molecular weight is 500 g/mol. The highest BCUT2D eigenvalue weighted by atomic mass is 16.7. The Morgan fingerprint density at radius 1 is 0.943 bits per heavy atom. The van der Waals surface area contributed by atoms with Crippen LogP contribution in [0.1, 0.15) is 53.5 Å². The van der Waals surface area contributed by atoms with Gasteiger partial charge in [0.2, 0.25) is 0 Å². The molecular formula is C23H33NO11. The largest absolute Gasteiger partial charge is 0.513 e. The highest BCUT2D eigenvalue weighted by Crippen LogP contribution is 2.31. The molecule has 0 amide bonds. The van der Waals surface area contributed by atoms with Crippen LogP contribution < -0.4 is 15.2 Å². The lowest BCUT2D eigenvalue weighted by atomic mass is 9.86. The van der Waals surface area contributed by atoms with Crippen LogP contribution in [0.4, 0.5) is 14.4 Å². The van der Waals surface area contributed by atoms with E-state index in [0.717, 1.165) is 0 Å². The topological polar surface area (TPSA) is 170 Å². The third kappa shape index (κ3) is 10.5. The van der Waals surface area contributed by atoms with Gasteiger partial charge in [0.1, 0.15) is 17.2 Å². The van der Waals surface area contributed by atoms with Crippen LogP contribution in [-0.4, -0.2) is 60.0 Å². The van der Waals surface area contributed by atoms with Crippen molar-refractivity contribution in [3.63, 3.8) is 0 Å². The summed E-state index contributed by atoms with van der Waals surface area (Å²) >= 11 is 0. The zero-order chi connectivity index (χ0) is 26.8. The zero-order valence-electron chi connectivity index (χ0n) is 20.7. The molecule has 0 aliphatic carbocycles. The summed E-state index contributed by atoms with van der Waals surface area (Å²) in [5, 5.41) is 9.79. The lowest BCUT2D eigenvalue weighted by molar-refractivity contribution is -0.145. The van der Waals surface area contributed by atoms with Gasteiger partial charge in [0.05, 0.1) is 13.2 Å². The van der Waals surface area contributed by atoms with Crippen molar-refractivity contribution in [1.29, 1.82) is 0 Å². The molecule has 0 radical (unpaired) electrons. The molecule has 1 unspecified atom stereocenters. The van der Waals surface area contributed by atoms with E-state index in [1.807, 2.05) is 0 Å². The van der Waals surface area contributed by atoms with E-state index < -0.39 is 41.7 Å². The molecule has 0 spiro atoms. The number of aliphatic carboxylic acids is 1. The molecule has 2 atom stereocenters. The number of hydrogen-bond donors (Lipinski definition) is 2. The minimum Gasteiger partial charge on any atom is -0.480 e. The van der Waals surface area contributed by atoms with E-state index in [1.54, 1.807) is 34.6 Å². The third-order valence-corrected chi connectivity index (χ3v) is 4.20. The summed E-state index contributed by atoms with van der Waals surface area (Å²) < 4.78 is 29.8. The fourth-order valence-corrected chi connectivity index (χ4v) is 2.89. The Morgan fingerprint density at radius 3 is 1.97 bits per heavy atom. The first kappa shape index (κ1) is 29.5. The van der Waals surface area contributed by atoms with Crippen molar-refractivity contribution in [3.8, 4) is 11.5 Å². The second-order valence-corrected chi connectivity index (χ2v) is 8.59. The monoisotopic (exact) mass is 499 g/mol. The lowest BCUT2D eigenvalue weighted by Gasteiger charge is -2.28. The molecule has 1 aromatic carbocycles. The van der Waals surface area contributed by atoms with Crippen LogP contribution in [0, 0.1) is 0 Å². The van der Waals surface area contributed by atoms with E-state index in [9.17, 15) is 24.3 Å². The molecular weight excluding hydrogens is 466 g/mol. The molecule has 0 saturated heterocycles. The molecule has 12 heteroatoms. The van der Waals surface area contributed by atoms with E-state index in [2.05, 4.69) is 0 Å². The zero-order valence-corrected chi connectivity index (χ0v) is 20.7. The Labute approximate surface area is 203 Å². The van der Waals surface area contributed by atoms with Crippen molar-refractivity contribution >= 4 is 24.4 Å². The minimum absolute atomic E-state index is 0.0348. The first-order valence-corrected chi connectivity index (χ1v) is 10.9. The van der Waals surface area contributed by atoms with Crippen LogP contribution in [0.2, 0.25) is 0 Å². The Hall–Kier alpha value is -3.54. The van der Waals surface area contributed by atoms with Gasteiger partial charge in [-0.3, -0.25) is 4.79 Å². The number of benzene rings is 1. The first-order chi connectivity index (χ1) is 16.2. The molecule has 1 rings (SSSR count). The van der Waals surface area contributed by atoms with Crippen molar-refractivity contribution in [1.82, 2.24) is 0 Å². The number of carbonyl (C=O) groups excluding carboxylic acids is 3. The van der Waals surface area contributed by atoms with Crippen molar-refractivity contribution in [2.75, 3.05) is 13.2 Å². The van der Waals surface area contributed by atoms with E-state index in [0.29, 0.717) is 5.56 Å². The molecule has 0 aliphatic rings. The molecule has 0 aliphatic heterocycles. The SMILES string of the molecule is CCOC(=O)Oc1ccc(CC(N)(C[C@H](C)OC(=O)OC(C)(C)C)C(=O)O)cc1OC(=O)OCC. The highest BCUT2D eigenvalue weighted by molar-refractivity contribution is 5.79. The van der Waals surface area contributed by atoms with Crippen LogP contribution in [0.25, 0.3) is 0 Å². The number of carboxylic acid groups (broad SMARTS) is 1. The van der Waals surface area contributed by atoms with E-state index in [1.165, 1.54) is 25.1 Å². The molecule has 0 aromatic heterocycles. The second kappa shape index (κ2) is 12.8. The van der Waals surface area contributed by atoms with Crippen molar-refractivity contribution in [2.24, 2.45) is 5.73 Å². The van der Waals surface area contributed by atoms with Crippen LogP contribution in [-0.2, 0) is 30.2 Å². The van der Waals surface area contributed by atoms with Crippen LogP contribution in [0.5, 0.6) is 11.5 Å². The highest BCUT2D eigenvalue weighted by Gasteiger charge is 2.37. The summed E-state index contributed by atoms with van der Waals surface area (Å²) in [5.74, 6) is -1.71. The van der Waals surface area contributed by atoms with Crippen LogP contribution in [0.15, 0.2) is 18.2 Å². The number of carboxylic acids is 1. The molecule has 196 valence electrons. The number of nitrogens with two attached hydrogens (primary N) is 1. The number of carbonyl (C=O) groups is 4. The van der Waals surface area contributed by atoms with Crippen LogP contribution >= 0.6 is 0 Å². The summed E-state index contributed by atoms with van der Waals surface area (Å²) in [6, 6.07) is 4.02. The molecule has 0 bridgehead atoms. The summed E-state index contributed by atoms with van der Waals surface area (Å²) in [6.07, 6.45) is -4.44. The van der Waals surface area contributed by atoms with Crippen molar-refractivity contribution < 1.29 is 52.7 Å². The molecule has 12 nitrogen and oxygen atoms in total. The Kier molecular flexibility index (Phi) is 10.8. The van der Waals surface area contributed by atoms with Gasteiger partial charge in [-0.25, -0.2) is 14.4 Å². The van der Waals surface area contributed by atoms with E-state index in [4.69, 9.17) is 34.2 Å². The summed E-state index contributed by atoms with van der Waals surface area (Å²) in [7, 11) is 0. The van der Waals surface area contributed by atoms with E-state index >= 15 is 0 Å². The number of rotatable bonds is 10. The summed E-state index contributed by atoms with van der Waals surface area (Å²) in [5.41, 5.74) is 3.84. The maximum absolute atomic E-state index is 12.0. The van der Waals surface area contributed by atoms with Gasteiger partial charge in [0.15, 0.2) is 11.5 Å². The maximum atomic E-state index is 12.0. The Balaban J connectivity index is 3.12. The van der Waals surface area contributed by atoms with Gasteiger partial charge < -0.3 is 39.3 Å². The predicted molar refractivity (Wildman–Crippen MR) is 121 cm³/mol. The van der Waals surface area contributed by atoms with Crippen LogP contribution in [0.3, 0.4) is 0 Å². The molecule has 3 N–H and O–H groups in total. The maximum Gasteiger partial charge on any atom is 0.513 e. The second-order valence-electron chi connectivity index (χ2n) is 8.59. The molecule has 35 heavy (non-hydrogen) atoms. The smallest absolute Gasteiger partial charge is 0.480 e. The van der Waals surface area contributed by atoms with E-state index in [-0.39, 0.29) is 37.6 Å². The minimum atomic E-state index is -1.87. The summed E-state index contributed by atoms with van der Waals surface area (Å²) in [4.78, 5) is 47.5. The Morgan fingerprint density at radius 2 is 1.49 bits per heavy atom. The van der Waals surface area contributed by atoms with Crippen molar-refractivity contribution in [3.05, 3.63) is 23.8 Å². The number of ether oxygens (including phenoxy) is 6. The van der Waals surface area contributed by atoms with Gasteiger partial charge in [0, 0.05) is 12.8 Å². The summed E-state index contributed by atoms with van der Waals surface area (Å²) in [6.45, 7) is 9.72. The fraction of sp³-hybridized carbons (Fsp3) is 0.565. The standard InChI is InChI=1S/C23H33NO11/c1-7-30-19(27)33-16-10-9-15(11-17(16)34-20(28)31-8-2)13-23(24,18(25)26)12-14(3)32-21(29)35-22(4,5)6/h9-11,14H,7-8,12-13,24H2,1-6H3,(H,25,26)/t14-,23?/m0/s1. The number of hydrogen-bond acceptors (Lipinski definition) is 11. The predicted octanol–water partition coefficient (Wildman–Crippen LogP) is 3.81. The average Bonchev–Trinajstić information content (AvgIpc) is 2.68. The van der Waals surface area contributed by atoms with Gasteiger partial charge in [-0.1, -0.05) is 6.07 Å². The van der Waals surface area contributed by atoms with Gasteiger partial charge >= 0.3 is 24.4 Å². The fourth-order valence-electron chi connectivity index (χ4n) is 2.89. The quantitative estimate of drug-likeness (QED) is 0.271. The Bertz CT molecular complexity index is 909. The van der Waals surface area contributed by atoms with Gasteiger partial charge in [-0.05, 0) is 59.2 Å². The lowest BCUT2D eigenvalue weighted by Crippen LogP contribution is -2.52. The first-order valence-electron chi connectivity index (χ1n) is 10.9. The normalized spacial score (nSPS) is 13.6. The molecule has 0 fully saturated rings. The van der Waals surface area contributed by atoms with Gasteiger partial charge in [0.25, 0.3) is 0 Å². The molecule has 0 heterocycles.